The van der Waals surface area contributed by atoms with Crippen LogP contribution in [0.15, 0.2) is 0 Å². The lowest BCUT2D eigenvalue weighted by Crippen LogP contribution is -2.45. The quantitative estimate of drug-likeness (QED) is 0.670. The van der Waals surface area contributed by atoms with Crippen LogP contribution in [0, 0.1) is 5.92 Å². The molecule has 1 aliphatic rings. The molecule has 0 aromatic carbocycles. The van der Waals surface area contributed by atoms with E-state index in [4.69, 9.17) is 5.11 Å². The highest BCUT2D eigenvalue weighted by Gasteiger charge is 2.28. The van der Waals surface area contributed by atoms with Gasteiger partial charge in [0.1, 0.15) is 0 Å². The number of carbonyl (C=O) groups is 2. The molecular weight excluding hydrogens is 264 g/mol. The summed E-state index contributed by atoms with van der Waals surface area (Å²) in [5.41, 5.74) is 0. The topological polar surface area (TPSA) is 78.4 Å². The average molecular weight is 288 g/mol. The molecule has 0 aromatic heterocycles. The van der Waals surface area contributed by atoms with E-state index in [0.717, 1.165) is 12.2 Å². The van der Waals surface area contributed by atoms with Crippen molar-refractivity contribution in [2.45, 2.75) is 50.8 Å². The lowest BCUT2D eigenvalue weighted by molar-refractivity contribution is -0.141. The van der Waals surface area contributed by atoms with Gasteiger partial charge in [0, 0.05) is 17.8 Å². The second-order valence-corrected chi connectivity index (χ2v) is 6.48. The first-order valence-corrected chi connectivity index (χ1v) is 7.98. The molecule has 0 saturated heterocycles. The summed E-state index contributed by atoms with van der Waals surface area (Å²) in [5.74, 6) is -0.173. The summed E-state index contributed by atoms with van der Waals surface area (Å²) in [4.78, 5) is 22.4. The standard InChI is InChI=1S/C13H24N2O3S/c1-3-19-11-6-4-5-10(11)15-13(18)14-8-7-9(2)12(16)17/h9-11H,3-8H2,1-2H3,(H,16,17)(H2,14,15,18). The number of carboxylic acids is 1. The van der Waals surface area contributed by atoms with Gasteiger partial charge in [-0.05, 0) is 25.0 Å². The monoisotopic (exact) mass is 288 g/mol. The highest BCUT2D eigenvalue weighted by molar-refractivity contribution is 7.99. The normalized spacial score (nSPS) is 23.9. The number of urea groups is 1. The van der Waals surface area contributed by atoms with Crippen LogP contribution in [-0.4, -0.2) is 40.7 Å². The molecule has 0 aromatic rings. The molecule has 1 saturated carbocycles. The van der Waals surface area contributed by atoms with Crippen LogP contribution in [0.2, 0.25) is 0 Å². The van der Waals surface area contributed by atoms with E-state index in [1.807, 2.05) is 11.8 Å². The SMILES string of the molecule is CCSC1CCCC1NC(=O)NCCC(C)C(=O)O. The van der Waals surface area contributed by atoms with Crippen LogP contribution in [0.5, 0.6) is 0 Å². The fourth-order valence-corrected chi connectivity index (χ4v) is 3.45. The number of hydrogen-bond acceptors (Lipinski definition) is 3. The predicted octanol–water partition coefficient (Wildman–Crippen LogP) is 2.07. The number of amides is 2. The molecule has 6 heteroatoms. The molecule has 1 fully saturated rings. The Kier molecular flexibility index (Phi) is 7.05. The molecule has 0 spiro atoms. The van der Waals surface area contributed by atoms with Gasteiger partial charge < -0.3 is 15.7 Å². The minimum atomic E-state index is -0.822. The van der Waals surface area contributed by atoms with E-state index in [1.165, 1.54) is 12.8 Å². The van der Waals surface area contributed by atoms with Crippen molar-refractivity contribution >= 4 is 23.8 Å². The molecule has 19 heavy (non-hydrogen) atoms. The molecule has 2 amide bonds. The van der Waals surface area contributed by atoms with Crippen molar-refractivity contribution in [3.63, 3.8) is 0 Å². The van der Waals surface area contributed by atoms with Crippen LogP contribution in [0.25, 0.3) is 0 Å². The van der Waals surface area contributed by atoms with Gasteiger partial charge in [-0.2, -0.15) is 11.8 Å². The van der Waals surface area contributed by atoms with Crippen LogP contribution in [-0.2, 0) is 4.79 Å². The Morgan fingerprint density at radius 3 is 2.79 bits per heavy atom. The molecule has 3 N–H and O–H groups in total. The first-order valence-electron chi connectivity index (χ1n) is 6.93. The minimum absolute atomic E-state index is 0.175. The van der Waals surface area contributed by atoms with Crippen LogP contribution in [0.1, 0.15) is 39.5 Å². The Balaban J connectivity index is 2.21. The maximum Gasteiger partial charge on any atom is 0.315 e. The molecule has 0 aliphatic heterocycles. The van der Waals surface area contributed by atoms with E-state index >= 15 is 0 Å². The molecule has 0 bridgehead atoms. The number of aliphatic carboxylic acids is 1. The fraction of sp³-hybridized carbons (Fsp3) is 0.846. The van der Waals surface area contributed by atoms with E-state index in [2.05, 4.69) is 17.6 Å². The van der Waals surface area contributed by atoms with E-state index in [-0.39, 0.29) is 12.1 Å². The molecule has 0 heterocycles. The van der Waals surface area contributed by atoms with Crippen LogP contribution < -0.4 is 10.6 Å². The van der Waals surface area contributed by atoms with Crippen molar-refractivity contribution in [2.75, 3.05) is 12.3 Å². The van der Waals surface area contributed by atoms with Gasteiger partial charge in [0.05, 0.1) is 5.92 Å². The summed E-state index contributed by atoms with van der Waals surface area (Å²) >= 11 is 1.90. The van der Waals surface area contributed by atoms with Crippen molar-refractivity contribution < 1.29 is 14.7 Å². The highest BCUT2D eigenvalue weighted by atomic mass is 32.2. The molecule has 3 unspecified atom stereocenters. The Morgan fingerprint density at radius 2 is 2.16 bits per heavy atom. The number of carbonyl (C=O) groups excluding carboxylic acids is 1. The molecule has 1 aliphatic carbocycles. The smallest absolute Gasteiger partial charge is 0.315 e. The predicted molar refractivity (Wildman–Crippen MR) is 77.5 cm³/mol. The molecule has 110 valence electrons. The summed E-state index contributed by atoms with van der Waals surface area (Å²) < 4.78 is 0. The van der Waals surface area contributed by atoms with Crippen LogP contribution in [0.3, 0.4) is 0 Å². The summed E-state index contributed by atoms with van der Waals surface area (Å²) in [5, 5.41) is 15.0. The van der Waals surface area contributed by atoms with Gasteiger partial charge in [0.2, 0.25) is 0 Å². The third-order valence-corrected chi connectivity index (χ3v) is 4.76. The molecule has 3 atom stereocenters. The summed E-state index contributed by atoms with van der Waals surface area (Å²) in [6.07, 6.45) is 3.83. The summed E-state index contributed by atoms with van der Waals surface area (Å²) in [6.45, 7) is 4.18. The molecular formula is C13H24N2O3S. The van der Waals surface area contributed by atoms with Gasteiger partial charge >= 0.3 is 12.0 Å². The summed E-state index contributed by atoms with van der Waals surface area (Å²) in [6, 6.07) is 0.0769. The number of carboxylic acid groups (broad SMARTS) is 1. The Hall–Kier alpha value is -0.910. The van der Waals surface area contributed by atoms with Gasteiger partial charge in [-0.15, -0.1) is 0 Å². The third kappa shape index (κ3) is 5.72. The molecule has 1 rings (SSSR count). The van der Waals surface area contributed by atoms with Gasteiger partial charge in [-0.1, -0.05) is 20.3 Å². The van der Waals surface area contributed by atoms with E-state index in [0.29, 0.717) is 18.2 Å². The Labute approximate surface area is 118 Å². The maximum atomic E-state index is 11.7. The number of nitrogens with one attached hydrogen (secondary N) is 2. The Bertz CT molecular complexity index is 312. The van der Waals surface area contributed by atoms with Gasteiger partial charge in [-0.25, -0.2) is 4.79 Å². The number of thioether (sulfide) groups is 1. The van der Waals surface area contributed by atoms with Gasteiger partial charge in [0.15, 0.2) is 0 Å². The maximum absolute atomic E-state index is 11.7. The highest BCUT2D eigenvalue weighted by Crippen LogP contribution is 2.29. The lowest BCUT2D eigenvalue weighted by atomic mass is 10.1. The number of hydrogen-bond donors (Lipinski definition) is 3. The van der Waals surface area contributed by atoms with Crippen LogP contribution in [0.4, 0.5) is 4.79 Å². The first kappa shape index (κ1) is 16.1. The van der Waals surface area contributed by atoms with Crippen LogP contribution >= 0.6 is 11.8 Å². The van der Waals surface area contributed by atoms with Crippen molar-refractivity contribution in [3.8, 4) is 0 Å². The van der Waals surface area contributed by atoms with Crippen molar-refractivity contribution in [1.82, 2.24) is 10.6 Å². The largest absolute Gasteiger partial charge is 0.481 e. The Morgan fingerprint density at radius 1 is 1.42 bits per heavy atom. The average Bonchev–Trinajstić information content (AvgIpc) is 2.77. The summed E-state index contributed by atoms with van der Waals surface area (Å²) in [7, 11) is 0. The van der Waals surface area contributed by atoms with Gasteiger partial charge in [-0.3, -0.25) is 4.79 Å². The minimum Gasteiger partial charge on any atom is -0.481 e. The number of rotatable bonds is 7. The van der Waals surface area contributed by atoms with E-state index < -0.39 is 11.9 Å². The molecule has 0 radical (unpaired) electrons. The van der Waals surface area contributed by atoms with E-state index in [1.54, 1.807) is 6.92 Å². The van der Waals surface area contributed by atoms with Crippen molar-refractivity contribution in [1.29, 1.82) is 0 Å². The second kappa shape index (κ2) is 8.30. The zero-order valence-electron chi connectivity index (χ0n) is 11.6. The zero-order chi connectivity index (χ0) is 14.3. The van der Waals surface area contributed by atoms with Gasteiger partial charge in [0.25, 0.3) is 0 Å². The first-order chi connectivity index (χ1) is 9.04. The van der Waals surface area contributed by atoms with E-state index in [9.17, 15) is 9.59 Å². The fourth-order valence-electron chi connectivity index (χ4n) is 2.25. The third-order valence-electron chi connectivity index (χ3n) is 3.43. The molecule has 5 nitrogen and oxygen atoms in total. The lowest BCUT2D eigenvalue weighted by Gasteiger charge is -2.20. The second-order valence-electron chi connectivity index (χ2n) is 4.96. The van der Waals surface area contributed by atoms with Crippen molar-refractivity contribution in [2.24, 2.45) is 5.92 Å². The zero-order valence-corrected chi connectivity index (χ0v) is 12.5. The van der Waals surface area contributed by atoms with Crippen molar-refractivity contribution in [3.05, 3.63) is 0 Å².